The number of anilines is 1. The first-order chi connectivity index (χ1) is 13.6. The molecule has 1 aliphatic rings. The number of hydrogen-bond donors (Lipinski definition) is 1. The number of benzene rings is 2. The number of nitrogens with two attached hydrogens (primary N) is 1. The van der Waals surface area contributed by atoms with E-state index in [0.717, 1.165) is 17.7 Å². The first kappa shape index (κ1) is 19.4. The maximum Gasteiger partial charge on any atom is 0.416 e. The predicted molar refractivity (Wildman–Crippen MR) is 97.3 cm³/mol. The van der Waals surface area contributed by atoms with E-state index in [2.05, 4.69) is 10.1 Å². The second-order valence-corrected chi connectivity index (χ2v) is 8.16. The van der Waals surface area contributed by atoms with E-state index in [-0.39, 0.29) is 28.7 Å². The van der Waals surface area contributed by atoms with Gasteiger partial charge in [0.2, 0.25) is 21.7 Å². The third-order valence-corrected chi connectivity index (χ3v) is 5.53. The second kappa shape index (κ2) is 6.85. The SMILES string of the molecule is NS(=O)(=O)c1ccc2c(c1)N(Cc1nc(-c3cccc(C(F)(F)F)c3)no1)CC2. The van der Waals surface area contributed by atoms with Crippen LogP contribution in [-0.4, -0.2) is 25.1 Å². The lowest BCUT2D eigenvalue weighted by Crippen LogP contribution is -2.20. The van der Waals surface area contributed by atoms with Crippen molar-refractivity contribution in [2.45, 2.75) is 24.0 Å². The number of sulfonamides is 1. The van der Waals surface area contributed by atoms with Gasteiger partial charge in [0.1, 0.15) is 0 Å². The molecule has 0 aliphatic carbocycles. The number of rotatable bonds is 4. The highest BCUT2D eigenvalue weighted by atomic mass is 32.2. The van der Waals surface area contributed by atoms with E-state index in [1.807, 2.05) is 4.90 Å². The second-order valence-electron chi connectivity index (χ2n) is 6.60. The van der Waals surface area contributed by atoms with Gasteiger partial charge in [-0.2, -0.15) is 18.2 Å². The zero-order valence-electron chi connectivity index (χ0n) is 14.8. The molecule has 0 saturated carbocycles. The fraction of sp³-hybridized carbons (Fsp3) is 0.222. The molecule has 1 aromatic heterocycles. The number of fused-ring (bicyclic) bond motifs is 1. The van der Waals surface area contributed by atoms with E-state index in [0.29, 0.717) is 18.7 Å². The highest BCUT2D eigenvalue weighted by Crippen LogP contribution is 2.33. The first-order valence-corrected chi connectivity index (χ1v) is 10.1. The summed E-state index contributed by atoms with van der Waals surface area (Å²) in [6.07, 6.45) is -3.77. The standard InChI is InChI=1S/C18H15F3N4O3S/c19-18(20,21)13-3-1-2-12(8-13)17-23-16(28-24-17)10-25-7-6-11-4-5-14(9-15(11)25)29(22,26)27/h1-5,8-9H,6-7,10H2,(H2,22,26,27). The molecule has 0 amide bonds. The van der Waals surface area contributed by atoms with Gasteiger partial charge in [0.05, 0.1) is 17.0 Å². The summed E-state index contributed by atoms with van der Waals surface area (Å²) >= 11 is 0. The number of nitrogens with zero attached hydrogens (tertiary/aromatic N) is 3. The van der Waals surface area contributed by atoms with Crippen molar-refractivity contribution in [3.8, 4) is 11.4 Å². The van der Waals surface area contributed by atoms with Crippen molar-refractivity contribution in [2.75, 3.05) is 11.4 Å². The average Bonchev–Trinajstić information content (AvgIpc) is 3.28. The van der Waals surface area contributed by atoms with Gasteiger partial charge < -0.3 is 9.42 Å². The lowest BCUT2D eigenvalue weighted by Gasteiger charge is -2.17. The third-order valence-electron chi connectivity index (χ3n) is 4.62. The molecule has 4 rings (SSSR count). The lowest BCUT2D eigenvalue weighted by molar-refractivity contribution is -0.137. The van der Waals surface area contributed by atoms with Crippen LogP contribution in [0.5, 0.6) is 0 Å². The van der Waals surface area contributed by atoms with Crippen LogP contribution in [0.3, 0.4) is 0 Å². The molecule has 0 radical (unpaired) electrons. The van der Waals surface area contributed by atoms with Crippen molar-refractivity contribution >= 4 is 15.7 Å². The van der Waals surface area contributed by atoms with Crippen molar-refractivity contribution in [2.24, 2.45) is 5.14 Å². The third kappa shape index (κ3) is 3.96. The molecule has 0 bridgehead atoms. The molecule has 0 spiro atoms. The molecule has 0 unspecified atom stereocenters. The Labute approximate surface area is 164 Å². The van der Waals surface area contributed by atoms with Crippen molar-refractivity contribution in [1.82, 2.24) is 10.1 Å². The zero-order valence-corrected chi connectivity index (χ0v) is 15.7. The van der Waals surface area contributed by atoms with Gasteiger partial charge in [-0.25, -0.2) is 13.6 Å². The molecule has 2 heterocycles. The van der Waals surface area contributed by atoms with Crippen LogP contribution in [0.25, 0.3) is 11.4 Å². The largest absolute Gasteiger partial charge is 0.416 e. The van der Waals surface area contributed by atoms with E-state index >= 15 is 0 Å². The van der Waals surface area contributed by atoms with Crippen molar-refractivity contribution in [3.05, 3.63) is 59.5 Å². The summed E-state index contributed by atoms with van der Waals surface area (Å²) < 4.78 is 67.1. The Bertz CT molecular complexity index is 1180. The minimum Gasteiger partial charge on any atom is -0.362 e. The summed E-state index contributed by atoms with van der Waals surface area (Å²) in [5, 5.41) is 8.96. The number of aromatic nitrogens is 2. The van der Waals surface area contributed by atoms with E-state index in [4.69, 9.17) is 9.66 Å². The van der Waals surface area contributed by atoms with Crippen molar-refractivity contribution in [1.29, 1.82) is 0 Å². The molecule has 0 saturated heterocycles. The normalized spacial score (nSPS) is 14.3. The smallest absolute Gasteiger partial charge is 0.362 e. The maximum absolute atomic E-state index is 12.9. The number of alkyl halides is 3. The van der Waals surface area contributed by atoms with E-state index < -0.39 is 21.8 Å². The highest BCUT2D eigenvalue weighted by Gasteiger charge is 2.31. The van der Waals surface area contributed by atoms with Crippen molar-refractivity contribution < 1.29 is 26.1 Å². The minimum absolute atomic E-state index is 0.00154. The fourth-order valence-electron chi connectivity index (χ4n) is 3.20. The van der Waals surface area contributed by atoms with E-state index in [1.54, 1.807) is 6.07 Å². The monoisotopic (exact) mass is 424 g/mol. The zero-order chi connectivity index (χ0) is 20.8. The van der Waals surface area contributed by atoms with Gasteiger partial charge in [-0.3, -0.25) is 0 Å². The molecule has 29 heavy (non-hydrogen) atoms. The summed E-state index contributed by atoms with van der Waals surface area (Å²) in [6.45, 7) is 0.789. The van der Waals surface area contributed by atoms with Crippen LogP contribution in [0.4, 0.5) is 18.9 Å². The number of halogens is 3. The molecular weight excluding hydrogens is 409 g/mol. The molecular formula is C18H15F3N4O3S. The van der Waals surface area contributed by atoms with E-state index in [1.165, 1.54) is 24.3 Å². The van der Waals surface area contributed by atoms with Gasteiger partial charge in [-0.15, -0.1) is 0 Å². The Morgan fingerprint density at radius 3 is 2.69 bits per heavy atom. The number of hydrogen-bond acceptors (Lipinski definition) is 6. The van der Waals surface area contributed by atoms with Gasteiger partial charge in [-0.1, -0.05) is 23.4 Å². The van der Waals surface area contributed by atoms with Crippen LogP contribution in [0.15, 0.2) is 51.9 Å². The van der Waals surface area contributed by atoms with Crippen LogP contribution >= 0.6 is 0 Å². The molecule has 7 nitrogen and oxygen atoms in total. The molecule has 1 aliphatic heterocycles. The van der Waals surface area contributed by atoms with Crippen LogP contribution in [0.1, 0.15) is 17.0 Å². The molecule has 152 valence electrons. The number of primary sulfonamides is 1. The molecule has 2 aromatic carbocycles. The fourth-order valence-corrected chi connectivity index (χ4v) is 3.73. The minimum atomic E-state index is -4.47. The van der Waals surface area contributed by atoms with Crippen molar-refractivity contribution in [3.63, 3.8) is 0 Å². The van der Waals surface area contributed by atoms with Gasteiger partial charge >= 0.3 is 6.18 Å². The lowest BCUT2D eigenvalue weighted by atomic mass is 10.1. The van der Waals surface area contributed by atoms with Crippen LogP contribution in [-0.2, 0) is 29.2 Å². The quantitative estimate of drug-likeness (QED) is 0.691. The Kier molecular flexibility index (Phi) is 4.58. The summed E-state index contributed by atoms with van der Waals surface area (Å²) in [5.41, 5.74) is 1.03. The van der Waals surface area contributed by atoms with Gasteiger partial charge in [0, 0.05) is 17.8 Å². The molecule has 2 N–H and O–H groups in total. The van der Waals surface area contributed by atoms with Gasteiger partial charge in [0.15, 0.2) is 0 Å². The Morgan fingerprint density at radius 2 is 1.97 bits per heavy atom. The van der Waals surface area contributed by atoms with Crippen LogP contribution < -0.4 is 10.0 Å². The van der Waals surface area contributed by atoms with Crippen LogP contribution in [0.2, 0.25) is 0 Å². The Balaban J connectivity index is 1.58. The first-order valence-electron chi connectivity index (χ1n) is 8.52. The molecule has 0 fully saturated rings. The molecule has 3 aromatic rings. The highest BCUT2D eigenvalue weighted by molar-refractivity contribution is 7.89. The van der Waals surface area contributed by atoms with E-state index in [9.17, 15) is 21.6 Å². The van der Waals surface area contributed by atoms with Crippen LogP contribution in [0, 0.1) is 0 Å². The molecule has 0 atom stereocenters. The summed E-state index contributed by atoms with van der Waals surface area (Å²) in [7, 11) is -3.84. The summed E-state index contributed by atoms with van der Waals surface area (Å²) in [4.78, 5) is 6.03. The predicted octanol–water partition coefficient (Wildman–Crippen LogP) is 2.97. The summed E-state index contributed by atoms with van der Waals surface area (Å²) in [6, 6.07) is 9.31. The summed E-state index contributed by atoms with van der Waals surface area (Å²) in [5.74, 6) is 0.245. The van der Waals surface area contributed by atoms with Gasteiger partial charge in [0.25, 0.3) is 0 Å². The topological polar surface area (TPSA) is 102 Å². The average molecular weight is 424 g/mol. The maximum atomic E-state index is 12.9. The Hall–Kier alpha value is -2.92. The Morgan fingerprint density at radius 1 is 1.17 bits per heavy atom. The molecule has 11 heteroatoms. The van der Waals surface area contributed by atoms with Gasteiger partial charge in [-0.05, 0) is 36.2 Å².